The summed E-state index contributed by atoms with van der Waals surface area (Å²) in [6, 6.07) is 10.4. The number of nitrogens with two attached hydrogens (primary N) is 2. The molecule has 1 aromatic carbocycles. The van der Waals surface area contributed by atoms with Crippen molar-refractivity contribution in [2.45, 2.75) is 104 Å². The first-order valence-electron chi connectivity index (χ1n) is 12.5. The normalized spacial score (nSPS) is 38.5. The van der Waals surface area contributed by atoms with Gasteiger partial charge in [0.15, 0.2) is 0 Å². The maximum Gasteiger partial charge on any atom is 0.00905 e. The van der Waals surface area contributed by atoms with Gasteiger partial charge in [-0.15, -0.1) is 0 Å². The van der Waals surface area contributed by atoms with Crippen LogP contribution in [-0.2, 0) is 10.8 Å². The first-order valence-corrected chi connectivity index (χ1v) is 12.5. The molecule has 30 heavy (non-hydrogen) atoms. The average Bonchev–Trinajstić information content (AvgIpc) is 2.69. The van der Waals surface area contributed by atoms with E-state index in [1.807, 2.05) is 0 Å². The molecule has 2 aliphatic rings. The van der Waals surface area contributed by atoms with Gasteiger partial charge in [0.25, 0.3) is 0 Å². The molecule has 0 aromatic heterocycles. The summed E-state index contributed by atoms with van der Waals surface area (Å²) in [5.74, 6) is 3.83. The van der Waals surface area contributed by atoms with E-state index in [0.717, 1.165) is 0 Å². The molecule has 0 bridgehead atoms. The lowest BCUT2D eigenvalue weighted by Gasteiger charge is -2.46. The maximum atomic E-state index is 6.42. The van der Waals surface area contributed by atoms with Gasteiger partial charge in [-0.1, -0.05) is 79.7 Å². The molecular formula is C28H48N2. The summed E-state index contributed by atoms with van der Waals surface area (Å²) in [5.41, 5.74) is 16.2. The Kier molecular flexibility index (Phi) is 6.81. The SMILES string of the molecule is CC1CC(C(C)(C)c2ccc(C(C)(C)C3CC(C)C(N)C(C)C3)cc2)CC(C)C1N. The lowest BCUT2D eigenvalue weighted by atomic mass is 9.60. The molecule has 0 amide bonds. The summed E-state index contributed by atoms with van der Waals surface area (Å²) in [6.45, 7) is 19.1. The highest BCUT2D eigenvalue weighted by Crippen LogP contribution is 2.46. The minimum absolute atomic E-state index is 0.186. The Labute approximate surface area is 186 Å². The van der Waals surface area contributed by atoms with E-state index in [1.54, 1.807) is 0 Å². The summed E-state index contributed by atoms with van der Waals surface area (Å²) < 4.78 is 0. The van der Waals surface area contributed by atoms with Crippen molar-refractivity contribution in [3.63, 3.8) is 0 Å². The van der Waals surface area contributed by atoms with Gasteiger partial charge in [-0.2, -0.15) is 0 Å². The summed E-state index contributed by atoms with van der Waals surface area (Å²) in [4.78, 5) is 0. The summed E-state index contributed by atoms with van der Waals surface area (Å²) in [6.07, 6.45) is 4.96. The number of benzene rings is 1. The van der Waals surface area contributed by atoms with Crippen molar-refractivity contribution in [3.8, 4) is 0 Å². The standard InChI is InChI=1S/C28H48N2/c1-17-13-23(14-18(2)25(17)29)27(5,6)21-9-11-22(12-10-21)28(7,8)24-15-19(3)26(30)20(4)16-24/h9-12,17-20,23-26H,13-16,29-30H2,1-8H3. The highest BCUT2D eigenvalue weighted by molar-refractivity contribution is 5.33. The fourth-order valence-corrected chi connectivity index (χ4v) is 6.72. The van der Waals surface area contributed by atoms with Crippen LogP contribution in [-0.4, -0.2) is 12.1 Å². The molecule has 0 spiro atoms. The van der Waals surface area contributed by atoms with Crippen LogP contribution >= 0.6 is 0 Å². The largest absolute Gasteiger partial charge is 0.327 e. The predicted molar refractivity (Wildman–Crippen MR) is 131 cm³/mol. The van der Waals surface area contributed by atoms with Crippen molar-refractivity contribution >= 4 is 0 Å². The van der Waals surface area contributed by atoms with Crippen LogP contribution in [0.4, 0.5) is 0 Å². The smallest absolute Gasteiger partial charge is 0.00905 e. The van der Waals surface area contributed by atoms with E-state index in [0.29, 0.717) is 47.6 Å². The molecule has 0 aliphatic heterocycles. The molecule has 0 radical (unpaired) electrons. The monoisotopic (exact) mass is 412 g/mol. The van der Waals surface area contributed by atoms with E-state index < -0.39 is 0 Å². The van der Waals surface area contributed by atoms with E-state index in [-0.39, 0.29) is 10.8 Å². The first-order chi connectivity index (χ1) is 13.9. The molecule has 2 aliphatic carbocycles. The summed E-state index contributed by atoms with van der Waals surface area (Å²) in [7, 11) is 0. The average molecular weight is 413 g/mol. The third kappa shape index (κ3) is 4.37. The van der Waals surface area contributed by atoms with Gasteiger partial charge in [0.1, 0.15) is 0 Å². The van der Waals surface area contributed by atoms with Crippen LogP contribution in [0.5, 0.6) is 0 Å². The summed E-state index contributed by atoms with van der Waals surface area (Å²) in [5, 5.41) is 0. The third-order valence-electron chi connectivity index (χ3n) is 9.67. The Hall–Kier alpha value is -0.860. The lowest BCUT2D eigenvalue weighted by molar-refractivity contribution is 0.128. The van der Waals surface area contributed by atoms with Gasteiger partial charge in [-0.3, -0.25) is 0 Å². The highest BCUT2D eigenvalue weighted by atomic mass is 14.7. The van der Waals surface area contributed by atoms with Crippen molar-refractivity contribution < 1.29 is 0 Å². The van der Waals surface area contributed by atoms with Gasteiger partial charge in [-0.25, -0.2) is 0 Å². The fourth-order valence-electron chi connectivity index (χ4n) is 6.72. The fraction of sp³-hybridized carbons (Fsp3) is 0.786. The van der Waals surface area contributed by atoms with Crippen molar-refractivity contribution in [1.29, 1.82) is 0 Å². The van der Waals surface area contributed by atoms with Crippen LogP contribution in [0.2, 0.25) is 0 Å². The van der Waals surface area contributed by atoms with E-state index in [2.05, 4.69) is 79.7 Å². The van der Waals surface area contributed by atoms with Crippen molar-refractivity contribution in [2.24, 2.45) is 47.0 Å². The van der Waals surface area contributed by atoms with E-state index >= 15 is 0 Å². The number of hydrogen-bond donors (Lipinski definition) is 2. The minimum atomic E-state index is 0.186. The second kappa shape index (κ2) is 8.58. The van der Waals surface area contributed by atoms with Gasteiger partial charge >= 0.3 is 0 Å². The van der Waals surface area contributed by atoms with Crippen LogP contribution in [0, 0.1) is 35.5 Å². The molecule has 4 atom stereocenters. The molecule has 2 heteroatoms. The molecule has 2 saturated carbocycles. The second-order valence-corrected chi connectivity index (χ2v) is 12.4. The van der Waals surface area contributed by atoms with Gasteiger partial charge in [0.2, 0.25) is 0 Å². The number of hydrogen-bond acceptors (Lipinski definition) is 2. The van der Waals surface area contributed by atoms with Gasteiger partial charge in [0.05, 0.1) is 0 Å². The van der Waals surface area contributed by atoms with Gasteiger partial charge in [0, 0.05) is 12.1 Å². The zero-order valence-corrected chi connectivity index (χ0v) is 20.9. The highest BCUT2D eigenvalue weighted by Gasteiger charge is 2.41. The third-order valence-corrected chi connectivity index (χ3v) is 9.67. The lowest BCUT2D eigenvalue weighted by Crippen LogP contribution is -2.46. The quantitative estimate of drug-likeness (QED) is 0.613. The Balaban J connectivity index is 1.78. The Morgan fingerprint density at radius 1 is 0.567 bits per heavy atom. The second-order valence-electron chi connectivity index (χ2n) is 12.4. The first kappa shape index (κ1) is 23.8. The van der Waals surface area contributed by atoms with E-state index in [4.69, 9.17) is 11.5 Å². The minimum Gasteiger partial charge on any atom is -0.327 e. The van der Waals surface area contributed by atoms with Gasteiger partial charge in [-0.05, 0) is 83.1 Å². The van der Waals surface area contributed by atoms with E-state index in [1.165, 1.54) is 36.8 Å². The van der Waals surface area contributed by atoms with Crippen LogP contribution in [0.1, 0.15) is 92.2 Å². The molecule has 2 fully saturated rings. The van der Waals surface area contributed by atoms with Crippen molar-refractivity contribution in [2.75, 3.05) is 0 Å². The zero-order valence-electron chi connectivity index (χ0n) is 20.9. The Bertz CT molecular complexity index is 619. The van der Waals surface area contributed by atoms with Gasteiger partial charge < -0.3 is 11.5 Å². The van der Waals surface area contributed by atoms with Crippen LogP contribution in [0.25, 0.3) is 0 Å². The Morgan fingerprint density at radius 2 is 0.800 bits per heavy atom. The summed E-state index contributed by atoms with van der Waals surface area (Å²) >= 11 is 0. The molecule has 1 aromatic rings. The zero-order chi connectivity index (χ0) is 22.4. The van der Waals surface area contributed by atoms with E-state index in [9.17, 15) is 0 Å². The Morgan fingerprint density at radius 3 is 1.03 bits per heavy atom. The molecule has 170 valence electrons. The van der Waals surface area contributed by atoms with Crippen molar-refractivity contribution in [1.82, 2.24) is 0 Å². The molecule has 3 rings (SSSR count). The molecule has 2 nitrogen and oxygen atoms in total. The molecule has 0 heterocycles. The molecule has 4 N–H and O–H groups in total. The topological polar surface area (TPSA) is 52.0 Å². The molecular weight excluding hydrogens is 364 g/mol. The van der Waals surface area contributed by atoms with Crippen LogP contribution in [0.3, 0.4) is 0 Å². The molecule has 0 saturated heterocycles. The predicted octanol–water partition coefficient (Wildman–Crippen LogP) is 6.26. The van der Waals surface area contributed by atoms with Crippen LogP contribution < -0.4 is 11.5 Å². The van der Waals surface area contributed by atoms with Crippen molar-refractivity contribution in [3.05, 3.63) is 35.4 Å². The molecule has 4 unspecified atom stereocenters. The maximum absolute atomic E-state index is 6.42. The number of rotatable bonds is 4. The van der Waals surface area contributed by atoms with Crippen LogP contribution in [0.15, 0.2) is 24.3 Å².